The summed E-state index contributed by atoms with van der Waals surface area (Å²) in [6.45, 7) is 1.56. The molecule has 0 aliphatic carbocycles. The van der Waals surface area contributed by atoms with Crippen LogP contribution in [-0.4, -0.2) is 11.5 Å². The zero-order chi connectivity index (χ0) is 9.52. The van der Waals surface area contributed by atoms with Crippen LogP contribution in [0.5, 0.6) is 0 Å². The van der Waals surface area contributed by atoms with Crippen molar-refractivity contribution < 1.29 is 4.79 Å². The van der Waals surface area contributed by atoms with E-state index in [1.807, 2.05) is 24.3 Å². The molecule has 0 aliphatic rings. The lowest BCUT2D eigenvalue weighted by atomic mass is 10.4. The molecule has 0 aliphatic heterocycles. The number of carbonyl (C=O) groups excluding carboxylic acids is 1. The first-order valence-corrected chi connectivity index (χ1v) is 5.12. The van der Waals surface area contributed by atoms with Crippen molar-refractivity contribution in [3.05, 3.63) is 42.5 Å². The summed E-state index contributed by atoms with van der Waals surface area (Å²) in [5, 5.41) is 0. The summed E-state index contributed by atoms with van der Waals surface area (Å²) in [5.41, 5.74) is 0. The van der Waals surface area contributed by atoms with Crippen molar-refractivity contribution >= 4 is 17.5 Å². The van der Waals surface area contributed by atoms with Crippen LogP contribution in [0.25, 0.3) is 0 Å². The predicted octanol–water partition coefficient (Wildman–Crippen LogP) is 2.92. The van der Waals surface area contributed by atoms with Gasteiger partial charge in [-0.25, -0.2) is 0 Å². The molecular formula is C11H12OS. The molecule has 0 amide bonds. The lowest BCUT2D eigenvalue weighted by molar-refractivity contribution is -0.112. The monoisotopic (exact) mass is 192 g/mol. The Kier molecular flexibility index (Phi) is 4.33. The maximum absolute atomic E-state index is 10.6. The molecule has 0 unspecified atom stereocenters. The van der Waals surface area contributed by atoms with E-state index in [1.165, 1.54) is 4.90 Å². The van der Waals surface area contributed by atoms with Crippen LogP contribution in [0, 0.1) is 0 Å². The van der Waals surface area contributed by atoms with E-state index >= 15 is 0 Å². The summed E-state index contributed by atoms with van der Waals surface area (Å²) < 4.78 is 0. The van der Waals surface area contributed by atoms with Gasteiger partial charge in [0.1, 0.15) is 0 Å². The van der Waals surface area contributed by atoms with Crippen molar-refractivity contribution in [3.63, 3.8) is 0 Å². The van der Waals surface area contributed by atoms with Gasteiger partial charge in [0.25, 0.3) is 0 Å². The van der Waals surface area contributed by atoms with Gasteiger partial charge in [-0.15, -0.1) is 11.8 Å². The fourth-order valence-electron chi connectivity index (χ4n) is 0.875. The molecule has 0 spiro atoms. The Morgan fingerprint density at radius 1 is 1.38 bits per heavy atom. The maximum atomic E-state index is 10.6. The number of hydrogen-bond donors (Lipinski definition) is 0. The van der Waals surface area contributed by atoms with Crippen molar-refractivity contribution in [2.45, 2.75) is 11.8 Å². The molecule has 0 aromatic heterocycles. The Labute approximate surface area is 82.9 Å². The zero-order valence-corrected chi connectivity index (χ0v) is 8.38. The molecular weight excluding hydrogens is 180 g/mol. The van der Waals surface area contributed by atoms with E-state index < -0.39 is 0 Å². The third kappa shape index (κ3) is 4.53. The molecule has 2 heteroatoms. The van der Waals surface area contributed by atoms with Crippen molar-refractivity contribution in [3.8, 4) is 0 Å². The maximum Gasteiger partial charge on any atom is 0.152 e. The van der Waals surface area contributed by atoms with Crippen molar-refractivity contribution in [2.24, 2.45) is 0 Å². The molecule has 0 saturated heterocycles. The number of thioether (sulfide) groups is 1. The first-order valence-electron chi connectivity index (χ1n) is 4.14. The largest absolute Gasteiger partial charge is 0.295 e. The molecule has 68 valence electrons. The van der Waals surface area contributed by atoms with Gasteiger partial charge in [0.05, 0.1) is 0 Å². The summed E-state index contributed by atoms with van der Waals surface area (Å²) in [4.78, 5) is 11.8. The molecule has 0 heterocycles. The summed E-state index contributed by atoms with van der Waals surface area (Å²) in [6, 6.07) is 10.1. The number of hydrogen-bond acceptors (Lipinski definition) is 2. The van der Waals surface area contributed by atoms with Gasteiger partial charge in [-0.1, -0.05) is 24.3 Å². The Hall–Kier alpha value is -1.02. The first-order chi connectivity index (χ1) is 6.29. The van der Waals surface area contributed by atoms with Crippen LogP contribution in [-0.2, 0) is 4.79 Å². The lowest BCUT2D eigenvalue weighted by Gasteiger charge is -1.95. The first kappa shape index (κ1) is 10.1. The number of allylic oxidation sites excluding steroid dienone is 1. The second-order valence-electron chi connectivity index (χ2n) is 2.64. The average molecular weight is 192 g/mol. The molecule has 1 aromatic rings. The third-order valence-electron chi connectivity index (χ3n) is 1.44. The molecule has 0 atom stereocenters. The predicted molar refractivity (Wildman–Crippen MR) is 57.0 cm³/mol. The van der Waals surface area contributed by atoms with Gasteiger partial charge in [0, 0.05) is 10.6 Å². The summed E-state index contributed by atoms with van der Waals surface area (Å²) >= 11 is 1.72. The summed E-state index contributed by atoms with van der Waals surface area (Å²) in [7, 11) is 0. The molecule has 0 N–H and O–H groups in total. The molecule has 1 aromatic carbocycles. The van der Waals surface area contributed by atoms with Gasteiger partial charge >= 0.3 is 0 Å². The molecule has 1 rings (SSSR count). The molecule has 13 heavy (non-hydrogen) atoms. The highest BCUT2D eigenvalue weighted by Gasteiger charge is 1.88. The van der Waals surface area contributed by atoms with E-state index in [0.29, 0.717) is 0 Å². The van der Waals surface area contributed by atoms with E-state index in [9.17, 15) is 4.79 Å². The smallest absolute Gasteiger partial charge is 0.152 e. The minimum Gasteiger partial charge on any atom is -0.295 e. The van der Waals surface area contributed by atoms with Crippen LogP contribution < -0.4 is 0 Å². The molecule has 0 fully saturated rings. The van der Waals surface area contributed by atoms with E-state index in [1.54, 1.807) is 24.8 Å². The van der Waals surface area contributed by atoms with Crippen LogP contribution >= 0.6 is 11.8 Å². The minimum absolute atomic E-state index is 0.105. The number of rotatable bonds is 4. The fraction of sp³-hybridized carbons (Fsp3) is 0.182. The topological polar surface area (TPSA) is 17.1 Å². The van der Waals surface area contributed by atoms with Crippen molar-refractivity contribution in [2.75, 3.05) is 5.75 Å². The fourth-order valence-corrected chi connectivity index (χ4v) is 1.61. The SMILES string of the molecule is CC(=O)C=CCSc1ccccc1. The number of ketones is 1. The van der Waals surface area contributed by atoms with Gasteiger partial charge in [-0.2, -0.15) is 0 Å². The van der Waals surface area contributed by atoms with Crippen LogP contribution in [0.1, 0.15) is 6.92 Å². The summed E-state index contributed by atoms with van der Waals surface area (Å²) in [6.07, 6.45) is 3.50. The Morgan fingerprint density at radius 3 is 2.69 bits per heavy atom. The van der Waals surface area contributed by atoms with Crippen LogP contribution in [0.4, 0.5) is 0 Å². The molecule has 0 radical (unpaired) electrons. The third-order valence-corrected chi connectivity index (χ3v) is 2.41. The Bertz CT molecular complexity index is 290. The van der Waals surface area contributed by atoms with Gasteiger partial charge in [-0.3, -0.25) is 4.79 Å². The van der Waals surface area contributed by atoms with Crippen molar-refractivity contribution in [1.29, 1.82) is 0 Å². The van der Waals surface area contributed by atoms with Crippen LogP contribution in [0.15, 0.2) is 47.4 Å². The van der Waals surface area contributed by atoms with Crippen LogP contribution in [0.2, 0.25) is 0 Å². The highest BCUT2D eigenvalue weighted by molar-refractivity contribution is 7.99. The van der Waals surface area contributed by atoms with E-state index in [0.717, 1.165) is 5.75 Å². The minimum atomic E-state index is 0.105. The van der Waals surface area contributed by atoms with Gasteiger partial charge in [0.15, 0.2) is 5.78 Å². The standard InChI is InChI=1S/C11H12OS/c1-10(12)6-5-9-13-11-7-3-2-4-8-11/h2-8H,9H2,1H3. The van der Waals surface area contributed by atoms with E-state index in [-0.39, 0.29) is 5.78 Å². The molecule has 0 saturated carbocycles. The zero-order valence-electron chi connectivity index (χ0n) is 7.57. The van der Waals surface area contributed by atoms with E-state index in [4.69, 9.17) is 0 Å². The Balaban J connectivity index is 2.32. The quantitative estimate of drug-likeness (QED) is 0.539. The highest BCUT2D eigenvalue weighted by atomic mass is 32.2. The number of benzene rings is 1. The molecule has 1 nitrogen and oxygen atoms in total. The van der Waals surface area contributed by atoms with Crippen molar-refractivity contribution in [1.82, 2.24) is 0 Å². The normalized spacial score (nSPS) is 10.5. The molecule has 0 bridgehead atoms. The van der Waals surface area contributed by atoms with Gasteiger partial charge in [0.2, 0.25) is 0 Å². The second-order valence-corrected chi connectivity index (χ2v) is 3.73. The number of carbonyl (C=O) groups is 1. The Morgan fingerprint density at radius 2 is 2.08 bits per heavy atom. The van der Waals surface area contributed by atoms with Gasteiger partial charge in [-0.05, 0) is 25.1 Å². The second kappa shape index (κ2) is 5.60. The lowest BCUT2D eigenvalue weighted by Crippen LogP contribution is -1.80. The van der Waals surface area contributed by atoms with E-state index in [2.05, 4.69) is 12.1 Å². The highest BCUT2D eigenvalue weighted by Crippen LogP contribution is 2.16. The van der Waals surface area contributed by atoms with Gasteiger partial charge < -0.3 is 0 Å². The average Bonchev–Trinajstić information content (AvgIpc) is 2.14. The van der Waals surface area contributed by atoms with Crippen LogP contribution in [0.3, 0.4) is 0 Å². The summed E-state index contributed by atoms with van der Waals surface area (Å²) in [5.74, 6) is 0.956.